The lowest BCUT2D eigenvalue weighted by Crippen LogP contribution is -2.16. The van der Waals surface area contributed by atoms with Crippen LogP contribution in [0.15, 0.2) is 30.3 Å². The summed E-state index contributed by atoms with van der Waals surface area (Å²) in [6.45, 7) is -1.53. The molecule has 0 radical (unpaired) electrons. The third-order valence-corrected chi connectivity index (χ3v) is 3.83. The van der Waals surface area contributed by atoms with Crippen molar-refractivity contribution in [2.24, 2.45) is 0 Å². The molecule has 2 rings (SSSR count). The van der Waals surface area contributed by atoms with Gasteiger partial charge in [0.2, 0.25) is 0 Å². The summed E-state index contributed by atoms with van der Waals surface area (Å²) in [5.74, 6) is 0. The summed E-state index contributed by atoms with van der Waals surface area (Å²) < 4.78 is 40.3. The van der Waals surface area contributed by atoms with Crippen molar-refractivity contribution in [2.75, 3.05) is 6.61 Å². The predicted molar refractivity (Wildman–Crippen MR) is 69.8 cm³/mol. The first-order chi connectivity index (χ1) is 9.46. The summed E-state index contributed by atoms with van der Waals surface area (Å²) in [6.07, 6.45) is -4.34. The van der Waals surface area contributed by atoms with Crippen molar-refractivity contribution in [3.63, 3.8) is 0 Å². The van der Waals surface area contributed by atoms with Crippen LogP contribution in [0, 0.1) is 0 Å². The van der Waals surface area contributed by atoms with E-state index in [9.17, 15) is 13.2 Å². The van der Waals surface area contributed by atoms with Crippen LogP contribution in [0.5, 0.6) is 0 Å². The Bertz CT molecular complexity index is 547. The first-order valence-corrected chi connectivity index (χ1v) is 6.87. The average Bonchev–Trinajstić information content (AvgIpc) is 2.86. The van der Waals surface area contributed by atoms with Gasteiger partial charge in [0.05, 0.1) is 0 Å². The van der Waals surface area contributed by atoms with Crippen LogP contribution < -0.4 is 0 Å². The Hall–Kier alpha value is -1.18. The van der Waals surface area contributed by atoms with Crippen molar-refractivity contribution < 1.29 is 17.9 Å². The quantitative estimate of drug-likeness (QED) is 0.782. The largest absolute Gasteiger partial charge is 0.411 e. The minimum absolute atomic E-state index is 0.227. The Morgan fingerprint density at radius 3 is 2.55 bits per heavy atom. The van der Waals surface area contributed by atoms with Gasteiger partial charge in [0.25, 0.3) is 0 Å². The molecule has 1 atom stereocenters. The zero-order valence-corrected chi connectivity index (χ0v) is 11.7. The molecule has 0 aliphatic carbocycles. The summed E-state index contributed by atoms with van der Waals surface area (Å²) in [4.78, 5) is 0. The minimum atomic E-state index is -4.34. The lowest BCUT2D eigenvalue weighted by atomic mass is 10.1. The zero-order chi connectivity index (χ0) is 14.6. The zero-order valence-electron chi connectivity index (χ0n) is 10.1. The van der Waals surface area contributed by atoms with E-state index < -0.39 is 18.2 Å². The Morgan fingerprint density at radius 2 is 1.90 bits per heavy atom. The summed E-state index contributed by atoms with van der Waals surface area (Å²) in [7, 11) is 0. The molecule has 0 aliphatic heterocycles. The van der Waals surface area contributed by atoms with Crippen LogP contribution in [0.2, 0.25) is 0 Å². The molecule has 0 amide bonds. The number of nitrogens with zero attached hydrogens (tertiary/aromatic N) is 2. The van der Waals surface area contributed by atoms with E-state index in [1.54, 1.807) is 0 Å². The third kappa shape index (κ3) is 4.43. The standard InChI is InChI=1S/C12H10ClF3N2OS/c13-10(8-4-2-1-3-5-8)11-18-17-9(20-11)6-19-7-12(14,15)16/h1-5,10H,6-7H2. The van der Waals surface area contributed by atoms with E-state index in [0.29, 0.717) is 10.0 Å². The topological polar surface area (TPSA) is 35.0 Å². The first-order valence-electron chi connectivity index (χ1n) is 5.61. The molecule has 0 N–H and O–H groups in total. The summed E-state index contributed by atoms with van der Waals surface area (Å²) in [5.41, 5.74) is 0.855. The number of halogens is 4. The molecule has 108 valence electrons. The van der Waals surface area contributed by atoms with Crippen molar-refractivity contribution in [3.05, 3.63) is 45.9 Å². The second kappa shape index (κ2) is 6.51. The molecule has 20 heavy (non-hydrogen) atoms. The van der Waals surface area contributed by atoms with Crippen molar-refractivity contribution in [1.29, 1.82) is 0 Å². The highest BCUT2D eigenvalue weighted by Gasteiger charge is 2.27. The monoisotopic (exact) mass is 322 g/mol. The van der Waals surface area contributed by atoms with Gasteiger partial charge >= 0.3 is 6.18 Å². The van der Waals surface area contributed by atoms with Crippen LogP contribution >= 0.6 is 22.9 Å². The fourth-order valence-electron chi connectivity index (χ4n) is 1.45. The van der Waals surface area contributed by atoms with Crippen molar-refractivity contribution >= 4 is 22.9 Å². The molecule has 1 aromatic carbocycles. The molecule has 3 nitrogen and oxygen atoms in total. The molecule has 1 unspecified atom stereocenters. The molecule has 2 aromatic rings. The second-order valence-corrected chi connectivity index (χ2v) is 5.45. The molecule has 0 saturated heterocycles. The summed E-state index contributed by atoms with van der Waals surface area (Å²) in [5, 5.41) is 8.09. The smallest absolute Gasteiger partial charge is 0.365 e. The highest BCUT2D eigenvalue weighted by atomic mass is 35.5. The van der Waals surface area contributed by atoms with Gasteiger partial charge in [-0.1, -0.05) is 41.7 Å². The van der Waals surface area contributed by atoms with Gasteiger partial charge in [-0.05, 0) is 5.56 Å². The Labute approximate surface area is 122 Å². The maximum absolute atomic E-state index is 11.9. The van der Waals surface area contributed by atoms with Gasteiger partial charge in [-0.15, -0.1) is 21.8 Å². The molecule has 1 aromatic heterocycles. The maximum atomic E-state index is 11.9. The summed E-state index contributed by atoms with van der Waals surface area (Å²) in [6, 6.07) is 9.25. The molecular weight excluding hydrogens is 313 g/mol. The van der Waals surface area contributed by atoms with E-state index in [0.717, 1.165) is 16.9 Å². The van der Waals surface area contributed by atoms with Gasteiger partial charge in [-0.3, -0.25) is 0 Å². The van der Waals surface area contributed by atoms with Crippen molar-refractivity contribution in [2.45, 2.75) is 18.2 Å². The van der Waals surface area contributed by atoms with Crippen LogP contribution in [0.1, 0.15) is 21.0 Å². The highest BCUT2D eigenvalue weighted by Crippen LogP contribution is 2.30. The number of hydrogen-bond donors (Lipinski definition) is 0. The lowest BCUT2D eigenvalue weighted by Gasteiger charge is -2.05. The van der Waals surface area contributed by atoms with Crippen LogP contribution in [0.25, 0.3) is 0 Å². The third-order valence-electron chi connectivity index (χ3n) is 2.28. The van der Waals surface area contributed by atoms with Crippen LogP contribution in [0.3, 0.4) is 0 Å². The van der Waals surface area contributed by atoms with Crippen molar-refractivity contribution in [1.82, 2.24) is 10.2 Å². The minimum Gasteiger partial charge on any atom is -0.365 e. The van der Waals surface area contributed by atoms with E-state index >= 15 is 0 Å². The first kappa shape index (κ1) is 15.2. The number of hydrogen-bond acceptors (Lipinski definition) is 4. The van der Waals surface area contributed by atoms with E-state index in [2.05, 4.69) is 14.9 Å². The number of aromatic nitrogens is 2. The maximum Gasteiger partial charge on any atom is 0.411 e. The van der Waals surface area contributed by atoms with Gasteiger partial charge < -0.3 is 4.74 Å². The Morgan fingerprint density at radius 1 is 1.20 bits per heavy atom. The molecule has 0 fully saturated rings. The van der Waals surface area contributed by atoms with Gasteiger partial charge in [0, 0.05) is 0 Å². The molecule has 1 heterocycles. The number of ether oxygens (including phenoxy) is 1. The molecule has 8 heteroatoms. The molecule has 0 bridgehead atoms. The normalized spacial score (nSPS) is 13.4. The van der Waals surface area contributed by atoms with E-state index in [1.807, 2.05) is 30.3 Å². The van der Waals surface area contributed by atoms with E-state index in [4.69, 9.17) is 11.6 Å². The Kier molecular flexibility index (Phi) is 4.95. The van der Waals surface area contributed by atoms with E-state index in [-0.39, 0.29) is 6.61 Å². The van der Waals surface area contributed by atoms with Crippen LogP contribution in [-0.2, 0) is 11.3 Å². The lowest BCUT2D eigenvalue weighted by molar-refractivity contribution is -0.176. The Balaban J connectivity index is 1.95. The molecule has 0 aliphatic rings. The van der Waals surface area contributed by atoms with Gasteiger partial charge in [0.15, 0.2) is 0 Å². The number of alkyl halides is 4. The second-order valence-electron chi connectivity index (χ2n) is 3.92. The predicted octanol–water partition coefficient (Wildman–Crippen LogP) is 3.95. The fourth-order valence-corrected chi connectivity index (χ4v) is 2.56. The van der Waals surface area contributed by atoms with Gasteiger partial charge in [0.1, 0.15) is 28.6 Å². The van der Waals surface area contributed by atoms with Crippen LogP contribution in [-0.4, -0.2) is 23.0 Å². The van der Waals surface area contributed by atoms with Crippen LogP contribution in [0.4, 0.5) is 13.2 Å². The van der Waals surface area contributed by atoms with E-state index in [1.165, 1.54) is 0 Å². The fraction of sp³-hybridized carbons (Fsp3) is 0.333. The van der Waals surface area contributed by atoms with Crippen molar-refractivity contribution in [3.8, 4) is 0 Å². The van der Waals surface area contributed by atoms with Gasteiger partial charge in [-0.2, -0.15) is 13.2 Å². The average molecular weight is 323 g/mol. The summed E-state index contributed by atoms with van der Waals surface area (Å²) >= 11 is 7.38. The SMILES string of the molecule is FC(F)(F)COCc1nnc(C(Cl)c2ccccc2)s1. The highest BCUT2D eigenvalue weighted by molar-refractivity contribution is 7.11. The molecular formula is C12H10ClF3N2OS. The molecule has 0 saturated carbocycles. The molecule has 0 spiro atoms. The number of benzene rings is 1. The van der Waals surface area contributed by atoms with Gasteiger partial charge in [-0.25, -0.2) is 0 Å². The number of rotatable bonds is 5.